The molecule has 0 saturated heterocycles. The van der Waals surface area contributed by atoms with Crippen molar-refractivity contribution < 1.29 is 18.0 Å². The number of ketones is 1. The highest BCUT2D eigenvalue weighted by Crippen LogP contribution is 2.51. The molecule has 1 heterocycles. The van der Waals surface area contributed by atoms with Crippen LogP contribution in [0.5, 0.6) is 0 Å². The summed E-state index contributed by atoms with van der Waals surface area (Å²) in [6.07, 6.45) is -3.85. The standard InChI is InChI=1S/C12H11ClF3NO/c13-9-2-1-7-17-10(9)11(12(14,15)16)5-3-8(18)4-6-11/h1-2,7H,3-6H2. The average Bonchev–Trinajstić information content (AvgIpc) is 2.30. The third kappa shape index (κ3) is 2.11. The molecule has 1 saturated carbocycles. The van der Waals surface area contributed by atoms with Gasteiger partial charge in [-0.25, -0.2) is 0 Å². The summed E-state index contributed by atoms with van der Waals surface area (Å²) in [5.74, 6) is -0.137. The molecule has 2 rings (SSSR count). The van der Waals surface area contributed by atoms with Crippen molar-refractivity contribution in [3.8, 4) is 0 Å². The molecule has 0 N–H and O–H groups in total. The van der Waals surface area contributed by atoms with E-state index in [1.54, 1.807) is 0 Å². The average molecular weight is 278 g/mol. The summed E-state index contributed by atoms with van der Waals surface area (Å²) in [6, 6.07) is 2.89. The third-order valence-corrected chi connectivity index (χ3v) is 3.72. The second-order valence-corrected chi connectivity index (χ2v) is 4.86. The monoisotopic (exact) mass is 277 g/mol. The number of pyridine rings is 1. The Morgan fingerprint density at radius 3 is 2.39 bits per heavy atom. The summed E-state index contributed by atoms with van der Waals surface area (Å²) < 4.78 is 40.1. The number of nitrogens with zero attached hydrogens (tertiary/aromatic N) is 1. The molecule has 1 fully saturated rings. The quantitative estimate of drug-likeness (QED) is 0.784. The van der Waals surface area contributed by atoms with Crippen molar-refractivity contribution in [3.05, 3.63) is 29.0 Å². The molecule has 0 spiro atoms. The van der Waals surface area contributed by atoms with Gasteiger partial charge in [0, 0.05) is 19.0 Å². The van der Waals surface area contributed by atoms with E-state index in [4.69, 9.17) is 11.6 Å². The molecular weight excluding hydrogens is 267 g/mol. The number of rotatable bonds is 1. The number of hydrogen-bond donors (Lipinski definition) is 0. The van der Waals surface area contributed by atoms with Gasteiger partial charge < -0.3 is 0 Å². The number of Topliss-reactive ketones (excluding diaryl/α,β-unsaturated/α-hetero) is 1. The normalized spacial score (nSPS) is 19.9. The molecule has 0 atom stereocenters. The zero-order chi connectivity index (χ0) is 13.4. The lowest BCUT2D eigenvalue weighted by molar-refractivity contribution is -0.200. The molecule has 0 radical (unpaired) electrons. The van der Waals surface area contributed by atoms with Crippen molar-refractivity contribution in [2.24, 2.45) is 0 Å². The smallest absolute Gasteiger partial charge is 0.300 e. The molecule has 1 aliphatic carbocycles. The molecule has 18 heavy (non-hydrogen) atoms. The summed E-state index contributed by atoms with van der Waals surface area (Å²) >= 11 is 5.84. The van der Waals surface area contributed by atoms with Crippen LogP contribution in [0.25, 0.3) is 0 Å². The van der Waals surface area contributed by atoms with Gasteiger partial charge in [-0.15, -0.1) is 0 Å². The molecule has 6 heteroatoms. The first kappa shape index (κ1) is 13.3. The first-order valence-corrected chi connectivity index (χ1v) is 5.94. The predicted molar refractivity (Wildman–Crippen MR) is 60.5 cm³/mol. The van der Waals surface area contributed by atoms with Gasteiger partial charge in [-0.1, -0.05) is 11.6 Å². The molecule has 0 aromatic carbocycles. The third-order valence-electron chi connectivity index (χ3n) is 3.42. The minimum absolute atomic E-state index is 0.00386. The zero-order valence-corrected chi connectivity index (χ0v) is 10.2. The van der Waals surface area contributed by atoms with Crippen molar-refractivity contribution >= 4 is 17.4 Å². The maximum atomic E-state index is 13.4. The SMILES string of the molecule is O=C1CCC(c2ncccc2Cl)(C(F)(F)F)CC1. The van der Waals surface area contributed by atoms with Crippen molar-refractivity contribution in [1.82, 2.24) is 4.98 Å². The van der Waals surface area contributed by atoms with Crippen molar-refractivity contribution in [1.29, 1.82) is 0 Å². The van der Waals surface area contributed by atoms with E-state index >= 15 is 0 Å². The largest absolute Gasteiger partial charge is 0.400 e. The van der Waals surface area contributed by atoms with Crippen LogP contribution in [0.3, 0.4) is 0 Å². The number of hydrogen-bond acceptors (Lipinski definition) is 2. The van der Waals surface area contributed by atoms with Crippen molar-refractivity contribution in [2.45, 2.75) is 37.3 Å². The summed E-state index contributed by atoms with van der Waals surface area (Å²) in [7, 11) is 0. The van der Waals surface area contributed by atoms with Crippen LogP contribution in [0.1, 0.15) is 31.4 Å². The molecule has 0 bridgehead atoms. The van der Waals surface area contributed by atoms with Gasteiger partial charge in [-0.2, -0.15) is 13.2 Å². The number of aromatic nitrogens is 1. The molecule has 1 aliphatic rings. The van der Waals surface area contributed by atoms with Crippen molar-refractivity contribution in [3.63, 3.8) is 0 Å². The Morgan fingerprint density at radius 1 is 1.28 bits per heavy atom. The lowest BCUT2D eigenvalue weighted by Crippen LogP contribution is -2.46. The molecule has 98 valence electrons. The Morgan fingerprint density at radius 2 is 1.89 bits per heavy atom. The maximum Gasteiger partial charge on any atom is 0.400 e. The van der Waals surface area contributed by atoms with E-state index in [0.29, 0.717) is 0 Å². The number of carbonyl (C=O) groups excluding carboxylic acids is 1. The van der Waals surface area contributed by atoms with Crippen LogP contribution >= 0.6 is 11.6 Å². The lowest BCUT2D eigenvalue weighted by atomic mass is 9.70. The van der Waals surface area contributed by atoms with Crippen LogP contribution in [-0.2, 0) is 10.2 Å². The molecular formula is C12H11ClF3NO. The minimum atomic E-state index is -4.45. The van der Waals surface area contributed by atoms with Gasteiger partial charge in [-0.05, 0) is 25.0 Å². The Hall–Kier alpha value is -1.10. The highest BCUT2D eigenvalue weighted by Gasteiger charge is 2.58. The number of alkyl halides is 3. The predicted octanol–water partition coefficient (Wildman–Crippen LogP) is 3.68. The number of carbonyl (C=O) groups is 1. The van der Waals surface area contributed by atoms with E-state index in [-0.39, 0.29) is 42.2 Å². The highest BCUT2D eigenvalue weighted by molar-refractivity contribution is 6.31. The second-order valence-electron chi connectivity index (χ2n) is 4.45. The molecule has 1 aromatic heterocycles. The van der Waals surface area contributed by atoms with Crippen LogP contribution < -0.4 is 0 Å². The fourth-order valence-electron chi connectivity index (χ4n) is 2.35. The Kier molecular flexibility index (Phi) is 3.36. The van der Waals surface area contributed by atoms with Crippen molar-refractivity contribution in [2.75, 3.05) is 0 Å². The van der Waals surface area contributed by atoms with Crippen LogP contribution in [0, 0.1) is 0 Å². The summed E-state index contributed by atoms with van der Waals surface area (Å²) in [5, 5.41) is 0.00386. The molecule has 0 unspecified atom stereocenters. The fraction of sp³-hybridized carbons (Fsp3) is 0.500. The molecule has 2 nitrogen and oxygen atoms in total. The van der Waals surface area contributed by atoms with Gasteiger partial charge in [-0.3, -0.25) is 9.78 Å². The van der Waals surface area contributed by atoms with E-state index in [1.165, 1.54) is 18.3 Å². The zero-order valence-electron chi connectivity index (χ0n) is 9.43. The Balaban J connectivity index is 2.50. The summed E-state index contributed by atoms with van der Waals surface area (Å²) in [4.78, 5) is 15.0. The van der Waals surface area contributed by atoms with Crippen LogP contribution in [0.15, 0.2) is 18.3 Å². The number of halogens is 4. The van der Waals surface area contributed by atoms with Gasteiger partial charge in [0.25, 0.3) is 0 Å². The first-order chi connectivity index (χ1) is 8.37. The topological polar surface area (TPSA) is 30.0 Å². The molecule has 0 amide bonds. The Labute approximate surface area is 107 Å². The van der Waals surface area contributed by atoms with Crippen LogP contribution in [0.4, 0.5) is 13.2 Å². The van der Waals surface area contributed by atoms with Crippen LogP contribution in [-0.4, -0.2) is 16.9 Å². The van der Waals surface area contributed by atoms with Gasteiger partial charge >= 0.3 is 6.18 Å². The summed E-state index contributed by atoms with van der Waals surface area (Å²) in [5.41, 5.74) is -2.24. The van der Waals surface area contributed by atoms with E-state index < -0.39 is 11.6 Å². The lowest BCUT2D eigenvalue weighted by Gasteiger charge is -2.38. The first-order valence-electron chi connectivity index (χ1n) is 5.56. The Bertz CT molecular complexity index is 463. The van der Waals surface area contributed by atoms with E-state index in [9.17, 15) is 18.0 Å². The second kappa shape index (κ2) is 4.53. The molecule has 1 aromatic rings. The van der Waals surface area contributed by atoms with Gasteiger partial charge in [0.15, 0.2) is 0 Å². The van der Waals surface area contributed by atoms with Gasteiger partial charge in [0.05, 0.1) is 10.7 Å². The van der Waals surface area contributed by atoms with Gasteiger partial charge in [0.2, 0.25) is 0 Å². The van der Waals surface area contributed by atoms with E-state index in [1.807, 2.05) is 0 Å². The highest BCUT2D eigenvalue weighted by atomic mass is 35.5. The maximum absolute atomic E-state index is 13.4. The summed E-state index contributed by atoms with van der Waals surface area (Å²) in [6.45, 7) is 0. The minimum Gasteiger partial charge on any atom is -0.300 e. The van der Waals surface area contributed by atoms with E-state index in [0.717, 1.165) is 0 Å². The van der Waals surface area contributed by atoms with E-state index in [2.05, 4.69) is 4.98 Å². The van der Waals surface area contributed by atoms with Crippen LogP contribution in [0.2, 0.25) is 5.02 Å². The fourth-order valence-corrected chi connectivity index (χ4v) is 2.65. The molecule has 0 aliphatic heterocycles. The van der Waals surface area contributed by atoms with Gasteiger partial charge in [0.1, 0.15) is 11.2 Å².